The van der Waals surface area contributed by atoms with Crippen molar-refractivity contribution < 1.29 is 14.3 Å². The molecular weight excluding hydrogens is 290 g/mol. The van der Waals surface area contributed by atoms with Crippen LogP contribution in [0.2, 0.25) is 0 Å². The molecule has 0 heterocycles. The quantitative estimate of drug-likeness (QED) is 0.603. The van der Waals surface area contributed by atoms with E-state index in [9.17, 15) is 4.79 Å². The van der Waals surface area contributed by atoms with E-state index in [1.807, 2.05) is 61.5 Å². The maximum absolute atomic E-state index is 12.3. The Hall–Kier alpha value is -2.75. The molecule has 0 spiro atoms. The lowest BCUT2D eigenvalue weighted by Gasteiger charge is -2.12. The smallest absolute Gasteiger partial charge is 0.185 e. The van der Waals surface area contributed by atoms with Gasteiger partial charge >= 0.3 is 0 Å². The average Bonchev–Trinajstić information content (AvgIpc) is 2.59. The number of methoxy groups -OCH3 is 2. The number of benzene rings is 2. The molecule has 2 aromatic rings. The zero-order chi connectivity index (χ0) is 16.8. The molecule has 4 nitrogen and oxygen atoms in total. The second-order valence-corrected chi connectivity index (χ2v) is 5.22. The second kappa shape index (κ2) is 7.49. The van der Waals surface area contributed by atoms with Gasteiger partial charge in [0.15, 0.2) is 5.78 Å². The van der Waals surface area contributed by atoms with Crippen molar-refractivity contribution in [3.8, 4) is 11.5 Å². The SMILES string of the molecule is COc1cccc(OC)c1/C=C/C(=O)c1ccc(N(C)C)cc1. The number of hydrogen-bond acceptors (Lipinski definition) is 4. The Morgan fingerprint density at radius 2 is 1.52 bits per heavy atom. The molecule has 0 amide bonds. The molecule has 120 valence electrons. The van der Waals surface area contributed by atoms with Crippen molar-refractivity contribution in [2.45, 2.75) is 0 Å². The van der Waals surface area contributed by atoms with Crippen LogP contribution in [0.4, 0.5) is 5.69 Å². The molecule has 0 aliphatic heterocycles. The molecule has 0 N–H and O–H groups in total. The van der Waals surface area contributed by atoms with E-state index in [2.05, 4.69) is 0 Å². The molecule has 4 heteroatoms. The van der Waals surface area contributed by atoms with Crippen LogP contribution in [0.15, 0.2) is 48.5 Å². The third-order valence-electron chi connectivity index (χ3n) is 3.54. The summed E-state index contributed by atoms with van der Waals surface area (Å²) in [7, 11) is 7.11. The van der Waals surface area contributed by atoms with Crippen molar-refractivity contribution in [2.75, 3.05) is 33.2 Å². The fraction of sp³-hybridized carbons (Fsp3) is 0.211. The summed E-state index contributed by atoms with van der Waals surface area (Å²) in [5.41, 5.74) is 2.44. The van der Waals surface area contributed by atoms with Gasteiger partial charge in [0.1, 0.15) is 11.5 Å². The Labute approximate surface area is 137 Å². The van der Waals surface area contributed by atoms with Crippen LogP contribution in [0.5, 0.6) is 11.5 Å². The Bertz CT molecular complexity index is 681. The Kier molecular flexibility index (Phi) is 5.41. The van der Waals surface area contributed by atoms with Crippen molar-refractivity contribution in [3.05, 3.63) is 59.7 Å². The first-order valence-electron chi connectivity index (χ1n) is 7.27. The summed E-state index contributed by atoms with van der Waals surface area (Å²) in [6, 6.07) is 13.0. The van der Waals surface area contributed by atoms with Gasteiger partial charge in [-0.15, -0.1) is 0 Å². The van der Waals surface area contributed by atoms with E-state index < -0.39 is 0 Å². The number of ether oxygens (including phenoxy) is 2. The first-order chi connectivity index (χ1) is 11.1. The van der Waals surface area contributed by atoms with Gasteiger partial charge < -0.3 is 14.4 Å². The number of carbonyl (C=O) groups is 1. The van der Waals surface area contributed by atoms with E-state index in [-0.39, 0.29) is 5.78 Å². The molecule has 0 fully saturated rings. The van der Waals surface area contributed by atoms with Crippen LogP contribution in [0.1, 0.15) is 15.9 Å². The van der Waals surface area contributed by atoms with Crippen molar-refractivity contribution in [3.63, 3.8) is 0 Å². The maximum Gasteiger partial charge on any atom is 0.185 e. The average molecular weight is 311 g/mol. The zero-order valence-corrected chi connectivity index (χ0v) is 13.9. The topological polar surface area (TPSA) is 38.8 Å². The van der Waals surface area contributed by atoms with Crippen LogP contribution in [0, 0.1) is 0 Å². The minimum atomic E-state index is -0.0664. The van der Waals surface area contributed by atoms with E-state index in [1.165, 1.54) is 6.08 Å². The molecule has 0 saturated heterocycles. The van der Waals surface area contributed by atoms with Crippen LogP contribution in [-0.4, -0.2) is 34.1 Å². The fourth-order valence-corrected chi connectivity index (χ4v) is 2.22. The highest BCUT2D eigenvalue weighted by Crippen LogP contribution is 2.29. The Morgan fingerprint density at radius 1 is 0.957 bits per heavy atom. The number of carbonyl (C=O) groups excluding carboxylic acids is 1. The standard InChI is InChI=1S/C19H21NO3/c1-20(2)15-10-8-14(9-11-15)17(21)13-12-16-18(22-3)6-5-7-19(16)23-4/h5-13H,1-4H3/b13-12+. The van der Waals surface area contributed by atoms with Crippen molar-refractivity contribution >= 4 is 17.5 Å². The summed E-state index contributed by atoms with van der Waals surface area (Å²) in [6.07, 6.45) is 3.25. The third kappa shape index (κ3) is 3.92. The lowest BCUT2D eigenvalue weighted by molar-refractivity contribution is 0.104. The predicted molar refractivity (Wildman–Crippen MR) is 93.7 cm³/mol. The summed E-state index contributed by atoms with van der Waals surface area (Å²) in [4.78, 5) is 14.3. The van der Waals surface area contributed by atoms with E-state index >= 15 is 0 Å². The summed E-state index contributed by atoms with van der Waals surface area (Å²) >= 11 is 0. The lowest BCUT2D eigenvalue weighted by Crippen LogP contribution is -2.08. The number of allylic oxidation sites excluding steroid dienone is 1. The molecule has 23 heavy (non-hydrogen) atoms. The molecule has 2 rings (SSSR count). The van der Waals surface area contributed by atoms with Gasteiger partial charge in [-0.25, -0.2) is 0 Å². The van der Waals surface area contributed by atoms with Crippen LogP contribution in [0.3, 0.4) is 0 Å². The van der Waals surface area contributed by atoms with Crippen LogP contribution in [0.25, 0.3) is 6.08 Å². The Balaban J connectivity index is 2.24. The number of ketones is 1. The van der Waals surface area contributed by atoms with Crippen molar-refractivity contribution in [1.29, 1.82) is 0 Å². The Morgan fingerprint density at radius 3 is 2.00 bits per heavy atom. The van der Waals surface area contributed by atoms with Gasteiger partial charge in [-0.3, -0.25) is 4.79 Å². The van der Waals surface area contributed by atoms with Gasteiger partial charge in [0, 0.05) is 25.3 Å². The second-order valence-electron chi connectivity index (χ2n) is 5.22. The largest absolute Gasteiger partial charge is 0.496 e. The van der Waals surface area contributed by atoms with Gasteiger partial charge in [-0.2, -0.15) is 0 Å². The first kappa shape index (κ1) is 16.6. The summed E-state index contributed by atoms with van der Waals surface area (Å²) in [5, 5.41) is 0. The van der Waals surface area contributed by atoms with E-state index in [1.54, 1.807) is 20.3 Å². The molecule has 0 saturated carbocycles. The summed E-state index contributed by atoms with van der Waals surface area (Å²) < 4.78 is 10.6. The highest BCUT2D eigenvalue weighted by Gasteiger charge is 2.08. The zero-order valence-electron chi connectivity index (χ0n) is 13.9. The van der Waals surface area contributed by atoms with Crippen LogP contribution in [-0.2, 0) is 0 Å². The monoisotopic (exact) mass is 311 g/mol. The molecular formula is C19H21NO3. The van der Waals surface area contributed by atoms with Crippen molar-refractivity contribution in [2.24, 2.45) is 0 Å². The molecule has 0 aliphatic carbocycles. The summed E-state index contributed by atoms with van der Waals surface area (Å²) in [6.45, 7) is 0. The number of anilines is 1. The minimum absolute atomic E-state index is 0.0664. The van der Waals surface area contributed by atoms with Gasteiger partial charge in [0.25, 0.3) is 0 Å². The highest BCUT2D eigenvalue weighted by atomic mass is 16.5. The lowest BCUT2D eigenvalue weighted by atomic mass is 10.1. The van der Waals surface area contributed by atoms with Crippen LogP contribution < -0.4 is 14.4 Å². The van der Waals surface area contributed by atoms with Gasteiger partial charge in [-0.05, 0) is 48.6 Å². The van der Waals surface area contributed by atoms with Crippen LogP contribution >= 0.6 is 0 Å². The highest BCUT2D eigenvalue weighted by molar-refractivity contribution is 6.07. The van der Waals surface area contributed by atoms with Gasteiger partial charge in [0.2, 0.25) is 0 Å². The normalized spacial score (nSPS) is 10.6. The molecule has 0 aromatic heterocycles. The number of nitrogens with zero attached hydrogens (tertiary/aromatic N) is 1. The summed E-state index contributed by atoms with van der Waals surface area (Å²) in [5.74, 6) is 1.26. The fourth-order valence-electron chi connectivity index (χ4n) is 2.22. The molecule has 0 radical (unpaired) electrons. The molecule has 2 aromatic carbocycles. The molecule has 0 atom stereocenters. The van der Waals surface area contributed by atoms with E-state index in [0.717, 1.165) is 11.3 Å². The molecule has 0 aliphatic rings. The molecule has 0 bridgehead atoms. The predicted octanol–water partition coefficient (Wildman–Crippen LogP) is 3.67. The molecule has 0 unspecified atom stereocenters. The minimum Gasteiger partial charge on any atom is -0.496 e. The van der Waals surface area contributed by atoms with Gasteiger partial charge in [-0.1, -0.05) is 6.07 Å². The van der Waals surface area contributed by atoms with E-state index in [4.69, 9.17) is 9.47 Å². The van der Waals surface area contributed by atoms with Crippen molar-refractivity contribution in [1.82, 2.24) is 0 Å². The first-order valence-corrected chi connectivity index (χ1v) is 7.27. The van der Waals surface area contributed by atoms with Gasteiger partial charge in [0.05, 0.1) is 19.8 Å². The van der Waals surface area contributed by atoms with E-state index in [0.29, 0.717) is 17.1 Å². The maximum atomic E-state index is 12.3. The number of hydrogen-bond donors (Lipinski definition) is 0. The third-order valence-corrected chi connectivity index (χ3v) is 3.54. The number of rotatable bonds is 6.